The van der Waals surface area contributed by atoms with Crippen LogP contribution in [0, 0.1) is 13.8 Å². The van der Waals surface area contributed by atoms with E-state index in [1.807, 2.05) is 0 Å². The predicted octanol–water partition coefficient (Wildman–Crippen LogP) is 2.03. The smallest absolute Gasteiger partial charge is 0.0641 e. The SMILES string of the molecule is COCCCn1nc(C)c(CNC(C)C)c1C. The second-order valence-electron chi connectivity index (χ2n) is 4.75. The fourth-order valence-corrected chi connectivity index (χ4v) is 1.87. The third-order valence-corrected chi connectivity index (χ3v) is 2.94. The molecule has 0 aromatic carbocycles. The molecule has 17 heavy (non-hydrogen) atoms. The van der Waals surface area contributed by atoms with Crippen molar-refractivity contribution in [3.63, 3.8) is 0 Å². The molecule has 0 unspecified atom stereocenters. The maximum Gasteiger partial charge on any atom is 0.0641 e. The van der Waals surface area contributed by atoms with Crippen LogP contribution < -0.4 is 5.32 Å². The van der Waals surface area contributed by atoms with Gasteiger partial charge in [-0.05, 0) is 20.3 Å². The molecule has 1 aromatic heterocycles. The van der Waals surface area contributed by atoms with E-state index in [1.54, 1.807) is 7.11 Å². The second-order valence-corrected chi connectivity index (χ2v) is 4.75. The third-order valence-electron chi connectivity index (χ3n) is 2.94. The summed E-state index contributed by atoms with van der Waals surface area (Å²) in [6.07, 6.45) is 1.01. The van der Waals surface area contributed by atoms with E-state index in [0.29, 0.717) is 6.04 Å². The largest absolute Gasteiger partial charge is 0.385 e. The van der Waals surface area contributed by atoms with Gasteiger partial charge >= 0.3 is 0 Å². The predicted molar refractivity (Wildman–Crippen MR) is 70.2 cm³/mol. The Morgan fingerprint density at radius 3 is 2.65 bits per heavy atom. The van der Waals surface area contributed by atoms with Crippen molar-refractivity contribution in [2.45, 2.75) is 53.2 Å². The molecule has 98 valence electrons. The lowest BCUT2D eigenvalue weighted by Crippen LogP contribution is -2.22. The van der Waals surface area contributed by atoms with Gasteiger partial charge in [0.25, 0.3) is 0 Å². The average molecular weight is 239 g/mol. The number of methoxy groups -OCH3 is 1. The molecule has 1 heterocycles. The zero-order valence-electron chi connectivity index (χ0n) is 11.7. The molecule has 0 aliphatic heterocycles. The number of hydrogen-bond acceptors (Lipinski definition) is 3. The van der Waals surface area contributed by atoms with Gasteiger partial charge in [0.1, 0.15) is 0 Å². The maximum absolute atomic E-state index is 5.07. The van der Waals surface area contributed by atoms with Crippen molar-refractivity contribution in [2.75, 3.05) is 13.7 Å². The average Bonchev–Trinajstić information content (AvgIpc) is 2.52. The number of nitrogens with zero attached hydrogens (tertiary/aromatic N) is 2. The van der Waals surface area contributed by atoms with E-state index in [9.17, 15) is 0 Å². The molecule has 4 nitrogen and oxygen atoms in total. The summed E-state index contributed by atoms with van der Waals surface area (Å²) >= 11 is 0. The van der Waals surface area contributed by atoms with Crippen LogP contribution >= 0.6 is 0 Å². The van der Waals surface area contributed by atoms with Crippen molar-refractivity contribution in [1.29, 1.82) is 0 Å². The molecule has 1 rings (SSSR count). The molecule has 0 amide bonds. The fraction of sp³-hybridized carbons (Fsp3) is 0.769. The highest BCUT2D eigenvalue weighted by Crippen LogP contribution is 2.13. The minimum Gasteiger partial charge on any atom is -0.385 e. The van der Waals surface area contributed by atoms with Crippen molar-refractivity contribution in [3.8, 4) is 0 Å². The molecule has 0 bridgehead atoms. The standard InChI is InChI=1S/C13H25N3O/c1-10(2)14-9-13-11(3)15-16(12(13)4)7-6-8-17-5/h10,14H,6-9H2,1-5H3. The topological polar surface area (TPSA) is 39.1 Å². The van der Waals surface area contributed by atoms with Crippen LogP contribution in [-0.2, 0) is 17.8 Å². The van der Waals surface area contributed by atoms with E-state index in [2.05, 4.69) is 42.8 Å². The Morgan fingerprint density at radius 2 is 2.06 bits per heavy atom. The molecular formula is C13H25N3O. The van der Waals surface area contributed by atoms with Crippen LogP contribution in [0.3, 0.4) is 0 Å². The normalized spacial score (nSPS) is 11.4. The molecule has 1 aromatic rings. The molecule has 4 heteroatoms. The molecule has 0 saturated heterocycles. The summed E-state index contributed by atoms with van der Waals surface area (Å²) in [7, 11) is 1.74. The highest BCUT2D eigenvalue weighted by molar-refractivity contribution is 5.24. The van der Waals surface area contributed by atoms with E-state index < -0.39 is 0 Å². The van der Waals surface area contributed by atoms with E-state index in [1.165, 1.54) is 11.3 Å². The summed E-state index contributed by atoms with van der Waals surface area (Å²) < 4.78 is 7.15. The first-order chi connectivity index (χ1) is 8.06. The van der Waals surface area contributed by atoms with Gasteiger partial charge in [-0.15, -0.1) is 0 Å². The van der Waals surface area contributed by atoms with Crippen molar-refractivity contribution in [3.05, 3.63) is 17.0 Å². The highest BCUT2D eigenvalue weighted by Gasteiger charge is 2.11. The number of hydrogen-bond donors (Lipinski definition) is 1. The first kappa shape index (κ1) is 14.2. The van der Waals surface area contributed by atoms with Crippen LogP contribution in [0.1, 0.15) is 37.2 Å². The summed E-state index contributed by atoms with van der Waals surface area (Å²) in [6, 6.07) is 0.505. The summed E-state index contributed by atoms with van der Waals surface area (Å²) in [6.45, 7) is 11.2. The van der Waals surface area contributed by atoms with E-state index in [4.69, 9.17) is 4.74 Å². The van der Waals surface area contributed by atoms with E-state index in [0.717, 1.165) is 31.8 Å². The first-order valence-electron chi connectivity index (χ1n) is 6.31. The monoisotopic (exact) mass is 239 g/mol. The van der Waals surface area contributed by atoms with Crippen molar-refractivity contribution >= 4 is 0 Å². The molecule has 0 aliphatic carbocycles. The molecule has 0 fully saturated rings. The van der Waals surface area contributed by atoms with Crippen molar-refractivity contribution in [2.24, 2.45) is 0 Å². The minimum atomic E-state index is 0.505. The minimum absolute atomic E-state index is 0.505. The summed E-state index contributed by atoms with van der Waals surface area (Å²) in [5.74, 6) is 0. The zero-order chi connectivity index (χ0) is 12.8. The number of aryl methyl sites for hydroxylation is 2. The quantitative estimate of drug-likeness (QED) is 0.740. The maximum atomic E-state index is 5.07. The molecule has 0 atom stereocenters. The Bertz CT molecular complexity index is 345. The van der Waals surface area contributed by atoms with Gasteiger partial charge < -0.3 is 10.1 Å². The fourth-order valence-electron chi connectivity index (χ4n) is 1.87. The highest BCUT2D eigenvalue weighted by atomic mass is 16.5. The molecule has 1 N–H and O–H groups in total. The first-order valence-corrected chi connectivity index (χ1v) is 6.31. The van der Waals surface area contributed by atoms with Crippen molar-refractivity contribution < 1.29 is 4.74 Å². The van der Waals surface area contributed by atoms with Gasteiger partial charge in [-0.25, -0.2) is 0 Å². The van der Waals surface area contributed by atoms with Gasteiger partial charge in [0.05, 0.1) is 5.69 Å². The second kappa shape index (κ2) is 6.77. The number of rotatable bonds is 7. The lowest BCUT2D eigenvalue weighted by molar-refractivity contribution is 0.188. The van der Waals surface area contributed by atoms with Gasteiger partial charge in [-0.1, -0.05) is 13.8 Å². The van der Waals surface area contributed by atoms with E-state index in [-0.39, 0.29) is 0 Å². The van der Waals surface area contributed by atoms with Crippen LogP contribution in [0.5, 0.6) is 0 Å². The third kappa shape index (κ3) is 4.13. The molecular weight excluding hydrogens is 214 g/mol. The lowest BCUT2D eigenvalue weighted by atomic mass is 10.2. The van der Waals surface area contributed by atoms with Crippen LogP contribution in [0.2, 0.25) is 0 Å². The zero-order valence-corrected chi connectivity index (χ0v) is 11.7. The van der Waals surface area contributed by atoms with Crippen LogP contribution in [0.4, 0.5) is 0 Å². The van der Waals surface area contributed by atoms with E-state index >= 15 is 0 Å². The Balaban J connectivity index is 2.65. The summed E-state index contributed by atoms with van der Waals surface area (Å²) in [5.41, 5.74) is 3.73. The number of aromatic nitrogens is 2. The molecule has 0 saturated carbocycles. The Hall–Kier alpha value is -0.870. The lowest BCUT2D eigenvalue weighted by Gasteiger charge is -2.09. The van der Waals surface area contributed by atoms with Crippen LogP contribution in [0.25, 0.3) is 0 Å². The van der Waals surface area contributed by atoms with Crippen LogP contribution in [-0.4, -0.2) is 29.5 Å². The van der Waals surface area contributed by atoms with Gasteiger partial charge in [-0.3, -0.25) is 4.68 Å². The summed E-state index contributed by atoms with van der Waals surface area (Å²) in [5, 5.41) is 8.03. The Labute approximate surface area is 104 Å². The molecule has 0 spiro atoms. The number of ether oxygens (including phenoxy) is 1. The van der Waals surface area contributed by atoms with Gasteiger partial charge in [0, 0.05) is 44.1 Å². The number of nitrogens with one attached hydrogen (secondary N) is 1. The summed E-state index contributed by atoms with van der Waals surface area (Å²) in [4.78, 5) is 0. The molecule has 0 radical (unpaired) electrons. The van der Waals surface area contributed by atoms with Crippen LogP contribution in [0.15, 0.2) is 0 Å². The van der Waals surface area contributed by atoms with Crippen molar-refractivity contribution in [1.82, 2.24) is 15.1 Å². The van der Waals surface area contributed by atoms with Gasteiger partial charge in [0.15, 0.2) is 0 Å². The Kier molecular flexibility index (Phi) is 5.65. The Morgan fingerprint density at radius 1 is 1.35 bits per heavy atom. The van der Waals surface area contributed by atoms with Gasteiger partial charge in [0.2, 0.25) is 0 Å². The van der Waals surface area contributed by atoms with Gasteiger partial charge in [-0.2, -0.15) is 5.10 Å². The molecule has 0 aliphatic rings.